The number of nitrogens with zero attached hydrogens (tertiary/aromatic N) is 2. The molecular formula is C17H18N2O4S. The van der Waals surface area contributed by atoms with Gasteiger partial charge >= 0.3 is 5.63 Å². The highest BCUT2D eigenvalue weighted by Gasteiger charge is 2.13. The smallest absolute Gasteiger partial charge is 0.336 e. The second-order valence-corrected chi connectivity index (χ2v) is 6.45. The molecular weight excluding hydrogens is 328 g/mol. The summed E-state index contributed by atoms with van der Waals surface area (Å²) >= 11 is 1.63. The van der Waals surface area contributed by atoms with Gasteiger partial charge in [0.1, 0.15) is 5.58 Å². The minimum Gasteiger partial charge on any atom is -0.504 e. The Morgan fingerprint density at radius 2 is 2.04 bits per heavy atom. The van der Waals surface area contributed by atoms with E-state index in [-0.39, 0.29) is 17.1 Å². The van der Waals surface area contributed by atoms with E-state index in [9.17, 15) is 15.0 Å². The summed E-state index contributed by atoms with van der Waals surface area (Å²) in [6.45, 7) is 4.24. The van der Waals surface area contributed by atoms with Gasteiger partial charge in [0.15, 0.2) is 11.5 Å². The standard InChI is InChI=1S/C17H18N2O4S/c1-2-19(5-3-16-18-4-6-24-16)10-11-7-17(22)23-15-9-14(21)13(20)8-12(11)15/h4,6-9,20-21H,2-3,5,10H2,1H3. The molecule has 2 aromatic heterocycles. The first-order chi connectivity index (χ1) is 11.6. The van der Waals surface area contributed by atoms with Crippen LogP contribution < -0.4 is 5.63 Å². The van der Waals surface area contributed by atoms with Gasteiger partial charge in [-0.3, -0.25) is 4.90 Å². The molecule has 0 fully saturated rings. The van der Waals surface area contributed by atoms with Gasteiger partial charge in [0.25, 0.3) is 0 Å². The number of hydrogen-bond acceptors (Lipinski definition) is 7. The summed E-state index contributed by atoms with van der Waals surface area (Å²) in [6.07, 6.45) is 2.64. The van der Waals surface area contributed by atoms with E-state index in [1.54, 1.807) is 17.5 Å². The Morgan fingerprint density at radius 1 is 1.25 bits per heavy atom. The van der Waals surface area contributed by atoms with Crippen molar-refractivity contribution < 1.29 is 14.6 Å². The summed E-state index contributed by atoms with van der Waals surface area (Å²) in [6, 6.07) is 4.13. The predicted molar refractivity (Wildman–Crippen MR) is 92.6 cm³/mol. The van der Waals surface area contributed by atoms with Gasteiger partial charge in [-0.2, -0.15) is 0 Å². The number of rotatable bonds is 6. The van der Waals surface area contributed by atoms with E-state index in [0.29, 0.717) is 11.9 Å². The van der Waals surface area contributed by atoms with E-state index < -0.39 is 5.63 Å². The molecule has 2 heterocycles. The van der Waals surface area contributed by atoms with E-state index in [1.807, 2.05) is 5.38 Å². The fourth-order valence-corrected chi connectivity index (χ4v) is 3.21. The van der Waals surface area contributed by atoms with Crippen LogP contribution in [0.3, 0.4) is 0 Å². The third-order valence-corrected chi connectivity index (χ3v) is 4.73. The van der Waals surface area contributed by atoms with Crippen LogP contribution in [-0.4, -0.2) is 33.2 Å². The third-order valence-electron chi connectivity index (χ3n) is 3.89. The Hall–Kier alpha value is -2.38. The number of aromatic nitrogens is 1. The van der Waals surface area contributed by atoms with Crippen LogP contribution in [0.15, 0.2) is 39.0 Å². The molecule has 0 atom stereocenters. The molecule has 2 N–H and O–H groups in total. The van der Waals surface area contributed by atoms with Crippen LogP contribution in [0.4, 0.5) is 0 Å². The summed E-state index contributed by atoms with van der Waals surface area (Å²) in [5.74, 6) is -0.539. The lowest BCUT2D eigenvalue weighted by molar-refractivity contribution is 0.284. The Labute approximate surface area is 142 Å². The molecule has 0 spiro atoms. The van der Waals surface area contributed by atoms with Crippen molar-refractivity contribution in [1.29, 1.82) is 0 Å². The SMILES string of the molecule is CCN(CCc1nccs1)Cc1cc(=O)oc2cc(O)c(O)cc12. The second kappa shape index (κ2) is 7.02. The molecule has 0 unspecified atom stereocenters. The van der Waals surface area contributed by atoms with Gasteiger partial charge in [0, 0.05) is 48.6 Å². The zero-order chi connectivity index (χ0) is 17.1. The van der Waals surface area contributed by atoms with Crippen molar-refractivity contribution in [3.63, 3.8) is 0 Å². The fourth-order valence-electron chi connectivity index (χ4n) is 2.60. The quantitative estimate of drug-likeness (QED) is 0.527. The zero-order valence-electron chi connectivity index (χ0n) is 13.2. The Bertz CT molecular complexity index is 889. The number of thiazole rings is 1. The van der Waals surface area contributed by atoms with E-state index in [1.165, 1.54) is 18.2 Å². The van der Waals surface area contributed by atoms with Crippen LogP contribution in [0.1, 0.15) is 17.5 Å². The van der Waals surface area contributed by atoms with Crippen molar-refractivity contribution in [3.05, 3.63) is 50.8 Å². The van der Waals surface area contributed by atoms with Crippen molar-refractivity contribution in [3.8, 4) is 11.5 Å². The highest BCUT2D eigenvalue weighted by atomic mass is 32.1. The van der Waals surface area contributed by atoms with E-state index >= 15 is 0 Å². The van der Waals surface area contributed by atoms with Gasteiger partial charge in [-0.05, 0) is 18.2 Å². The maximum atomic E-state index is 11.8. The second-order valence-electron chi connectivity index (χ2n) is 5.47. The molecule has 0 saturated carbocycles. The third kappa shape index (κ3) is 3.58. The summed E-state index contributed by atoms with van der Waals surface area (Å²) in [5, 5.41) is 23.0. The van der Waals surface area contributed by atoms with Crippen molar-refractivity contribution in [2.75, 3.05) is 13.1 Å². The molecule has 3 rings (SSSR count). The van der Waals surface area contributed by atoms with E-state index in [4.69, 9.17) is 4.42 Å². The number of phenols is 2. The number of likely N-dealkylation sites (N-methyl/N-ethyl adjacent to an activating group) is 1. The van der Waals surface area contributed by atoms with Crippen molar-refractivity contribution in [1.82, 2.24) is 9.88 Å². The Balaban J connectivity index is 1.87. The number of aromatic hydroxyl groups is 2. The molecule has 0 saturated heterocycles. The molecule has 0 radical (unpaired) electrons. The summed E-state index contributed by atoms with van der Waals surface area (Å²) < 4.78 is 5.12. The average Bonchev–Trinajstić information content (AvgIpc) is 3.06. The number of fused-ring (bicyclic) bond motifs is 1. The first-order valence-corrected chi connectivity index (χ1v) is 8.54. The highest BCUT2D eigenvalue weighted by molar-refractivity contribution is 7.09. The van der Waals surface area contributed by atoms with E-state index in [2.05, 4.69) is 16.8 Å². The average molecular weight is 346 g/mol. The molecule has 1 aromatic carbocycles. The minimum absolute atomic E-state index is 0.233. The van der Waals surface area contributed by atoms with Crippen LogP contribution in [-0.2, 0) is 13.0 Å². The predicted octanol–water partition coefficient (Wildman–Crippen LogP) is 2.73. The fraction of sp³-hybridized carbons (Fsp3) is 0.294. The maximum Gasteiger partial charge on any atom is 0.336 e. The van der Waals surface area contributed by atoms with Crippen LogP contribution in [0.2, 0.25) is 0 Å². The molecule has 0 bridgehead atoms. The molecule has 24 heavy (non-hydrogen) atoms. The molecule has 0 aliphatic rings. The van der Waals surface area contributed by atoms with Crippen LogP contribution in [0.5, 0.6) is 11.5 Å². The largest absolute Gasteiger partial charge is 0.504 e. The number of phenolic OH excluding ortho intramolecular Hbond substituents is 2. The Kier molecular flexibility index (Phi) is 4.82. The summed E-state index contributed by atoms with van der Waals surface area (Å²) in [7, 11) is 0. The maximum absolute atomic E-state index is 11.8. The van der Waals surface area contributed by atoms with Gasteiger partial charge in [-0.1, -0.05) is 6.92 Å². The summed E-state index contributed by atoms with van der Waals surface area (Å²) in [4.78, 5) is 18.3. The normalized spacial score (nSPS) is 11.4. The molecule has 6 nitrogen and oxygen atoms in total. The van der Waals surface area contributed by atoms with Gasteiger partial charge < -0.3 is 14.6 Å². The number of benzene rings is 1. The van der Waals surface area contributed by atoms with Gasteiger partial charge in [0.05, 0.1) is 5.01 Å². The topological polar surface area (TPSA) is 86.8 Å². The molecule has 0 aliphatic heterocycles. The summed E-state index contributed by atoms with van der Waals surface area (Å²) in [5.41, 5.74) is 0.555. The number of hydrogen-bond donors (Lipinski definition) is 2. The molecule has 0 aliphatic carbocycles. The lowest BCUT2D eigenvalue weighted by Gasteiger charge is -2.20. The molecule has 7 heteroatoms. The lowest BCUT2D eigenvalue weighted by Crippen LogP contribution is -2.26. The first kappa shape index (κ1) is 16.5. The minimum atomic E-state index is -0.474. The van der Waals surface area contributed by atoms with Crippen molar-refractivity contribution in [2.24, 2.45) is 0 Å². The van der Waals surface area contributed by atoms with Crippen molar-refractivity contribution in [2.45, 2.75) is 19.9 Å². The van der Waals surface area contributed by atoms with Gasteiger partial charge in [-0.25, -0.2) is 9.78 Å². The first-order valence-electron chi connectivity index (χ1n) is 7.66. The molecule has 126 valence electrons. The highest BCUT2D eigenvalue weighted by Crippen LogP contribution is 2.31. The van der Waals surface area contributed by atoms with E-state index in [0.717, 1.165) is 30.1 Å². The van der Waals surface area contributed by atoms with Crippen LogP contribution in [0.25, 0.3) is 11.0 Å². The zero-order valence-corrected chi connectivity index (χ0v) is 14.0. The Morgan fingerprint density at radius 3 is 2.75 bits per heavy atom. The van der Waals surface area contributed by atoms with Gasteiger partial charge in [-0.15, -0.1) is 11.3 Å². The monoisotopic (exact) mass is 346 g/mol. The van der Waals surface area contributed by atoms with Crippen LogP contribution >= 0.6 is 11.3 Å². The molecule has 3 aromatic rings. The lowest BCUT2D eigenvalue weighted by atomic mass is 10.1. The van der Waals surface area contributed by atoms with Gasteiger partial charge in [0.2, 0.25) is 0 Å². The molecule has 0 amide bonds. The van der Waals surface area contributed by atoms with Crippen LogP contribution in [0, 0.1) is 0 Å². The van der Waals surface area contributed by atoms with Crippen molar-refractivity contribution >= 4 is 22.3 Å².